The molecule has 0 aliphatic carbocycles. The van der Waals surface area contributed by atoms with E-state index in [0.29, 0.717) is 5.92 Å². The van der Waals surface area contributed by atoms with Crippen molar-refractivity contribution in [2.24, 2.45) is 7.05 Å². The molecule has 1 nitrogen and oxygen atoms in total. The molecule has 0 unspecified atom stereocenters. The average molecular weight is 318 g/mol. The molecule has 124 valence electrons. The Balaban J connectivity index is 2.32. The van der Waals surface area contributed by atoms with Gasteiger partial charge in [-0.1, -0.05) is 44.5 Å². The van der Waals surface area contributed by atoms with Crippen molar-refractivity contribution in [2.45, 2.75) is 47.0 Å². The van der Waals surface area contributed by atoms with Crippen LogP contribution in [0.2, 0.25) is 0 Å². The zero-order valence-corrected chi connectivity index (χ0v) is 15.8. The van der Waals surface area contributed by atoms with Gasteiger partial charge in [0.05, 0.1) is 0 Å². The number of aryl methyl sites for hydroxylation is 3. The molecule has 0 radical (unpaired) electrons. The topological polar surface area (TPSA) is 3.88 Å². The van der Waals surface area contributed by atoms with Gasteiger partial charge in [0.1, 0.15) is 7.05 Å². The average Bonchev–Trinajstić information content (AvgIpc) is 2.54. The van der Waals surface area contributed by atoms with Crippen molar-refractivity contribution >= 4 is 10.9 Å². The van der Waals surface area contributed by atoms with Gasteiger partial charge in [-0.25, -0.2) is 0 Å². The standard InChI is InChI=1S/C23H28N/c1-7-18-17(5)13-16(4)14-21(18)23-12-11-20-19(15(2)3)9-8-10-22(20)24(23)6/h8-15H,7H2,1-6H3/q+1. The van der Waals surface area contributed by atoms with Gasteiger partial charge >= 0.3 is 0 Å². The molecule has 0 atom stereocenters. The van der Waals surface area contributed by atoms with Crippen molar-refractivity contribution in [3.05, 3.63) is 64.7 Å². The van der Waals surface area contributed by atoms with Gasteiger partial charge in [0.2, 0.25) is 11.2 Å². The predicted molar refractivity (Wildman–Crippen MR) is 104 cm³/mol. The zero-order chi connectivity index (χ0) is 17.4. The van der Waals surface area contributed by atoms with Gasteiger partial charge in [0, 0.05) is 23.1 Å². The van der Waals surface area contributed by atoms with Crippen molar-refractivity contribution in [2.75, 3.05) is 0 Å². The second-order valence-corrected chi connectivity index (χ2v) is 7.17. The van der Waals surface area contributed by atoms with Crippen LogP contribution >= 0.6 is 0 Å². The van der Waals surface area contributed by atoms with Crippen LogP contribution < -0.4 is 4.57 Å². The number of pyridine rings is 1. The van der Waals surface area contributed by atoms with Gasteiger partial charge in [0.15, 0.2) is 0 Å². The van der Waals surface area contributed by atoms with Crippen molar-refractivity contribution in [3.8, 4) is 11.3 Å². The Kier molecular flexibility index (Phi) is 4.45. The molecule has 1 heteroatoms. The molecular formula is C23H28N+. The Morgan fingerprint density at radius 3 is 2.42 bits per heavy atom. The van der Waals surface area contributed by atoms with Crippen molar-refractivity contribution in [3.63, 3.8) is 0 Å². The summed E-state index contributed by atoms with van der Waals surface area (Å²) >= 11 is 0. The third-order valence-corrected chi connectivity index (χ3v) is 5.12. The predicted octanol–water partition coefficient (Wildman–Crippen LogP) is 5.63. The molecule has 24 heavy (non-hydrogen) atoms. The number of rotatable bonds is 3. The first-order chi connectivity index (χ1) is 11.4. The quantitative estimate of drug-likeness (QED) is 0.551. The Bertz CT molecular complexity index is 904. The maximum Gasteiger partial charge on any atom is 0.213 e. The van der Waals surface area contributed by atoms with E-state index in [1.165, 1.54) is 44.4 Å². The number of hydrogen-bond acceptors (Lipinski definition) is 0. The van der Waals surface area contributed by atoms with Crippen LogP contribution in [0.1, 0.15) is 48.9 Å². The Labute approximate surface area is 146 Å². The summed E-state index contributed by atoms with van der Waals surface area (Å²) in [7, 11) is 2.19. The summed E-state index contributed by atoms with van der Waals surface area (Å²) in [6, 6.07) is 15.9. The molecule has 0 saturated heterocycles. The van der Waals surface area contributed by atoms with E-state index >= 15 is 0 Å². The van der Waals surface area contributed by atoms with Crippen molar-refractivity contribution in [1.82, 2.24) is 0 Å². The third kappa shape index (κ3) is 2.73. The van der Waals surface area contributed by atoms with Crippen molar-refractivity contribution < 1.29 is 4.57 Å². The first kappa shape index (κ1) is 16.7. The van der Waals surface area contributed by atoms with Gasteiger partial charge in [0.25, 0.3) is 0 Å². The van der Waals surface area contributed by atoms with Gasteiger partial charge in [-0.05, 0) is 55.0 Å². The number of benzene rings is 2. The zero-order valence-electron chi connectivity index (χ0n) is 15.8. The fourth-order valence-electron chi connectivity index (χ4n) is 3.92. The molecule has 2 aromatic carbocycles. The summed E-state index contributed by atoms with van der Waals surface area (Å²) < 4.78 is 2.36. The van der Waals surface area contributed by atoms with E-state index in [4.69, 9.17) is 0 Å². The number of nitrogens with zero attached hydrogens (tertiary/aromatic N) is 1. The molecule has 3 aromatic rings. The van der Waals surface area contributed by atoms with Gasteiger partial charge in [-0.2, -0.15) is 4.57 Å². The maximum atomic E-state index is 2.36. The Morgan fingerprint density at radius 1 is 1.00 bits per heavy atom. The normalized spacial score (nSPS) is 11.5. The van der Waals surface area contributed by atoms with Gasteiger partial charge in [-0.15, -0.1) is 0 Å². The SMILES string of the molecule is CCc1c(C)cc(C)cc1-c1ccc2c(C(C)C)cccc2[n+]1C. The Morgan fingerprint density at radius 2 is 1.75 bits per heavy atom. The van der Waals surface area contributed by atoms with E-state index in [1.54, 1.807) is 0 Å². The number of aromatic nitrogens is 1. The summed E-state index contributed by atoms with van der Waals surface area (Å²) in [5, 5.41) is 1.36. The molecular weight excluding hydrogens is 290 g/mol. The molecule has 0 fully saturated rings. The van der Waals surface area contributed by atoms with E-state index in [9.17, 15) is 0 Å². The fraction of sp³-hybridized carbons (Fsp3) is 0.348. The highest BCUT2D eigenvalue weighted by atomic mass is 14.9. The molecule has 0 N–H and O–H groups in total. The highest BCUT2D eigenvalue weighted by molar-refractivity contribution is 5.82. The number of fused-ring (bicyclic) bond motifs is 1. The molecule has 0 amide bonds. The van der Waals surface area contributed by atoms with Gasteiger partial charge in [-0.3, -0.25) is 0 Å². The molecule has 0 aliphatic heterocycles. The molecule has 0 aliphatic rings. The first-order valence-electron chi connectivity index (χ1n) is 8.96. The largest absolute Gasteiger partial charge is 0.213 e. The highest BCUT2D eigenvalue weighted by Gasteiger charge is 2.19. The lowest BCUT2D eigenvalue weighted by Crippen LogP contribution is -2.32. The third-order valence-electron chi connectivity index (χ3n) is 5.12. The van der Waals surface area contributed by atoms with E-state index < -0.39 is 0 Å². The monoisotopic (exact) mass is 318 g/mol. The van der Waals surface area contributed by atoms with Crippen LogP contribution in [-0.2, 0) is 13.5 Å². The minimum atomic E-state index is 0.534. The fourth-order valence-corrected chi connectivity index (χ4v) is 3.92. The van der Waals surface area contributed by atoms with Gasteiger partial charge < -0.3 is 0 Å². The lowest BCUT2D eigenvalue weighted by atomic mass is 9.93. The minimum Gasteiger partial charge on any atom is -0.194 e. The summed E-state index contributed by atoms with van der Waals surface area (Å²) in [4.78, 5) is 0. The van der Waals surface area contributed by atoms with Crippen LogP contribution in [0.15, 0.2) is 42.5 Å². The minimum absolute atomic E-state index is 0.534. The van der Waals surface area contributed by atoms with Crippen LogP contribution in [0, 0.1) is 13.8 Å². The summed E-state index contributed by atoms with van der Waals surface area (Å²) in [6.45, 7) is 11.2. The summed E-state index contributed by atoms with van der Waals surface area (Å²) in [5.41, 5.74) is 9.57. The second-order valence-electron chi connectivity index (χ2n) is 7.17. The van der Waals surface area contributed by atoms with E-state index in [2.05, 4.69) is 88.7 Å². The lowest BCUT2D eigenvalue weighted by Gasteiger charge is -2.14. The van der Waals surface area contributed by atoms with Crippen LogP contribution in [0.3, 0.4) is 0 Å². The van der Waals surface area contributed by atoms with Crippen LogP contribution in [0.4, 0.5) is 0 Å². The molecule has 0 bridgehead atoms. The molecule has 3 rings (SSSR count). The Hall–Kier alpha value is -2.15. The molecule has 0 spiro atoms. The molecule has 1 aromatic heterocycles. The smallest absolute Gasteiger partial charge is 0.194 e. The van der Waals surface area contributed by atoms with Crippen LogP contribution in [0.5, 0.6) is 0 Å². The second kappa shape index (κ2) is 6.39. The van der Waals surface area contributed by atoms with Crippen LogP contribution in [0.25, 0.3) is 22.2 Å². The van der Waals surface area contributed by atoms with Crippen LogP contribution in [-0.4, -0.2) is 0 Å². The first-order valence-corrected chi connectivity index (χ1v) is 8.96. The van der Waals surface area contributed by atoms with E-state index in [-0.39, 0.29) is 0 Å². The van der Waals surface area contributed by atoms with E-state index in [0.717, 1.165) is 6.42 Å². The summed E-state index contributed by atoms with van der Waals surface area (Å²) in [5.74, 6) is 0.534. The highest BCUT2D eigenvalue weighted by Crippen LogP contribution is 2.29. The van der Waals surface area contributed by atoms with E-state index in [1.807, 2.05) is 0 Å². The molecule has 1 heterocycles. The maximum absolute atomic E-state index is 2.36. The summed E-state index contributed by atoms with van der Waals surface area (Å²) in [6.07, 6.45) is 1.06. The number of hydrogen-bond donors (Lipinski definition) is 0. The lowest BCUT2D eigenvalue weighted by molar-refractivity contribution is -0.633. The van der Waals surface area contributed by atoms with Crippen molar-refractivity contribution in [1.29, 1.82) is 0 Å². The molecule has 0 saturated carbocycles.